The number of rotatable bonds is 6. The van der Waals surface area contributed by atoms with Crippen LogP contribution in [0.4, 0.5) is 11.4 Å². The first-order chi connectivity index (χ1) is 14.9. The van der Waals surface area contributed by atoms with E-state index in [1.54, 1.807) is 41.3 Å². The lowest BCUT2D eigenvalue weighted by atomic mass is 10.2. The molecule has 0 aromatic heterocycles. The third-order valence-corrected chi connectivity index (χ3v) is 6.78. The van der Waals surface area contributed by atoms with Gasteiger partial charge in [-0.15, -0.1) is 0 Å². The standard InChI is InChI=1S/C23H22ClN3O3S/c24-18-8-10-20(11-9-18)26-31(29,30)22-12-6-17(7-13-22)23(28)27-15-14-21(16-27)25-19-4-2-1-3-5-19/h1-13,21,25-26H,14-16H2. The first-order valence-electron chi connectivity index (χ1n) is 9.90. The van der Waals surface area contributed by atoms with E-state index in [-0.39, 0.29) is 16.8 Å². The highest BCUT2D eigenvalue weighted by molar-refractivity contribution is 7.92. The molecule has 0 saturated carbocycles. The van der Waals surface area contributed by atoms with Crippen LogP contribution in [0.25, 0.3) is 0 Å². The van der Waals surface area contributed by atoms with E-state index in [0.29, 0.717) is 29.4 Å². The minimum Gasteiger partial charge on any atom is -0.380 e. The van der Waals surface area contributed by atoms with Crippen LogP contribution in [0.3, 0.4) is 0 Å². The number of para-hydroxylation sites is 1. The van der Waals surface area contributed by atoms with E-state index >= 15 is 0 Å². The molecule has 1 saturated heterocycles. The van der Waals surface area contributed by atoms with Crippen LogP contribution in [0.2, 0.25) is 5.02 Å². The smallest absolute Gasteiger partial charge is 0.261 e. The van der Waals surface area contributed by atoms with Crippen LogP contribution in [-0.4, -0.2) is 38.4 Å². The van der Waals surface area contributed by atoms with Gasteiger partial charge in [0.25, 0.3) is 15.9 Å². The number of halogens is 1. The van der Waals surface area contributed by atoms with Gasteiger partial charge in [-0.3, -0.25) is 9.52 Å². The molecule has 2 N–H and O–H groups in total. The van der Waals surface area contributed by atoms with E-state index in [4.69, 9.17) is 11.6 Å². The van der Waals surface area contributed by atoms with Crippen LogP contribution in [0.15, 0.2) is 83.8 Å². The maximum absolute atomic E-state index is 12.8. The molecule has 0 radical (unpaired) electrons. The molecule has 1 heterocycles. The zero-order chi connectivity index (χ0) is 21.8. The fourth-order valence-electron chi connectivity index (χ4n) is 3.52. The van der Waals surface area contributed by atoms with Crippen molar-refractivity contribution in [1.29, 1.82) is 0 Å². The van der Waals surface area contributed by atoms with Crippen molar-refractivity contribution in [3.63, 3.8) is 0 Å². The fourth-order valence-corrected chi connectivity index (χ4v) is 4.71. The van der Waals surface area contributed by atoms with E-state index < -0.39 is 10.0 Å². The highest BCUT2D eigenvalue weighted by Gasteiger charge is 2.27. The Bertz CT molecular complexity index is 1150. The summed E-state index contributed by atoms with van der Waals surface area (Å²) in [6, 6.07) is 22.5. The minimum absolute atomic E-state index is 0.0871. The van der Waals surface area contributed by atoms with E-state index in [0.717, 1.165) is 12.1 Å². The van der Waals surface area contributed by atoms with Crippen molar-refractivity contribution in [2.75, 3.05) is 23.1 Å². The molecule has 1 fully saturated rings. The predicted octanol–water partition coefficient (Wildman–Crippen LogP) is 4.47. The Labute approximate surface area is 186 Å². The van der Waals surface area contributed by atoms with Crippen molar-refractivity contribution in [2.24, 2.45) is 0 Å². The van der Waals surface area contributed by atoms with Crippen molar-refractivity contribution in [3.05, 3.63) is 89.4 Å². The Morgan fingerprint density at radius 1 is 0.903 bits per heavy atom. The third-order valence-electron chi connectivity index (χ3n) is 5.13. The van der Waals surface area contributed by atoms with Crippen LogP contribution >= 0.6 is 11.6 Å². The number of hydrogen-bond donors (Lipinski definition) is 2. The number of hydrogen-bond acceptors (Lipinski definition) is 4. The van der Waals surface area contributed by atoms with Gasteiger partial charge in [-0.25, -0.2) is 8.42 Å². The van der Waals surface area contributed by atoms with Crippen molar-refractivity contribution < 1.29 is 13.2 Å². The molecular weight excluding hydrogens is 434 g/mol. The van der Waals surface area contributed by atoms with Crippen LogP contribution in [0, 0.1) is 0 Å². The fraction of sp³-hybridized carbons (Fsp3) is 0.174. The molecule has 0 spiro atoms. The molecule has 0 aliphatic carbocycles. The number of amides is 1. The Morgan fingerprint density at radius 3 is 2.26 bits per heavy atom. The minimum atomic E-state index is -3.76. The highest BCUT2D eigenvalue weighted by Crippen LogP contribution is 2.21. The maximum Gasteiger partial charge on any atom is 0.261 e. The average molecular weight is 456 g/mol. The Morgan fingerprint density at radius 2 is 1.58 bits per heavy atom. The van der Waals surface area contributed by atoms with Gasteiger partial charge in [-0.05, 0) is 67.1 Å². The highest BCUT2D eigenvalue weighted by atomic mass is 35.5. The Balaban J connectivity index is 1.39. The molecule has 31 heavy (non-hydrogen) atoms. The third kappa shape index (κ3) is 5.18. The van der Waals surface area contributed by atoms with Crippen LogP contribution in [0.5, 0.6) is 0 Å². The molecule has 1 aliphatic rings. The summed E-state index contributed by atoms with van der Waals surface area (Å²) in [5.41, 5.74) is 1.91. The molecular formula is C23H22ClN3O3S. The number of anilines is 2. The monoisotopic (exact) mass is 455 g/mol. The quantitative estimate of drug-likeness (QED) is 0.575. The molecule has 8 heteroatoms. The number of nitrogens with zero attached hydrogens (tertiary/aromatic N) is 1. The number of sulfonamides is 1. The van der Waals surface area contributed by atoms with Gasteiger partial charge in [0.05, 0.1) is 4.90 Å². The normalized spacial score (nSPS) is 16.2. The van der Waals surface area contributed by atoms with E-state index in [9.17, 15) is 13.2 Å². The first-order valence-corrected chi connectivity index (χ1v) is 11.8. The summed E-state index contributed by atoms with van der Waals surface area (Å²) in [4.78, 5) is 14.7. The lowest BCUT2D eigenvalue weighted by Crippen LogP contribution is -2.31. The van der Waals surface area contributed by atoms with Gasteiger partial charge in [0.1, 0.15) is 0 Å². The molecule has 0 bridgehead atoms. The van der Waals surface area contributed by atoms with Crippen molar-refractivity contribution in [2.45, 2.75) is 17.4 Å². The number of carbonyl (C=O) groups excluding carboxylic acids is 1. The Kier molecular flexibility index (Phi) is 6.15. The van der Waals surface area contributed by atoms with Gasteiger partial charge in [0.2, 0.25) is 0 Å². The molecule has 6 nitrogen and oxygen atoms in total. The van der Waals surface area contributed by atoms with Gasteiger partial charge in [-0.2, -0.15) is 0 Å². The zero-order valence-electron chi connectivity index (χ0n) is 16.7. The number of nitrogens with one attached hydrogen (secondary N) is 2. The lowest BCUT2D eigenvalue weighted by molar-refractivity contribution is 0.0791. The lowest BCUT2D eigenvalue weighted by Gasteiger charge is -2.18. The summed E-state index contributed by atoms with van der Waals surface area (Å²) >= 11 is 5.83. The number of carbonyl (C=O) groups is 1. The van der Waals surface area contributed by atoms with Gasteiger partial charge in [-0.1, -0.05) is 29.8 Å². The second-order valence-corrected chi connectivity index (χ2v) is 9.50. The largest absolute Gasteiger partial charge is 0.380 e. The number of likely N-dealkylation sites (tertiary alicyclic amines) is 1. The second-order valence-electron chi connectivity index (χ2n) is 7.38. The zero-order valence-corrected chi connectivity index (χ0v) is 18.2. The van der Waals surface area contributed by atoms with Gasteiger partial charge in [0, 0.05) is 41.1 Å². The summed E-state index contributed by atoms with van der Waals surface area (Å²) in [7, 11) is -3.76. The van der Waals surface area contributed by atoms with Crippen LogP contribution in [0.1, 0.15) is 16.8 Å². The van der Waals surface area contributed by atoms with Crippen LogP contribution < -0.4 is 10.0 Å². The van der Waals surface area contributed by atoms with Gasteiger partial charge in [0.15, 0.2) is 0 Å². The molecule has 4 rings (SSSR count). The van der Waals surface area contributed by atoms with Gasteiger partial charge < -0.3 is 10.2 Å². The first kappa shape index (κ1) is 21.2. The molecule has 160 valence electrons. The summed E-state index contributed by atoms with van der Waals surface area (Å²) in [5.74, 6) is -0.105. The van der Waals surface area contributed by atoms with Crippen LogP contribution in [-0.2, 0) is 10.0 Å². The predicted molar refractivity (Wildman–Crippen MR) is 123 cm³/mol. The van der Waals surface area contributed by atoms with Crippen molar-refractivity contribution in [1.82, 2.24) is 4.90 Å². The summed E-state index contributed by atoms with van der Waals surface area (Å²) in [6.07, 6.45) is 0.859. The summed E-state index contributed by atoms with van der Waals surface area (Å²) < 4.78 is 27.7. The topological polar surface area (TPSA) is 78.5 Å². The van der Waals surface area contributed by atoms with Crippen molar-refractivity contribution in [3.8, 4) is 0 Å². The van der Waals surface area contributed by atoms with E-state index in [1.807, 2.05) is 30.3 Å². The molecule has 3 aromatic carbocycles. The average Bonchev–Trinajstić information content (AvgIpc) is 3.24. The molecule has 1 amide bonds. The molecule has 1 atom stereocenters. The summed E-state index contributed by atoms with van der Waals surface area (Å²) in [6.45, 7) is 1.26. The molecule has 3 aromatic rings. The van der Waals surface area contributed by atoms with E-state index in [2.05, 4.69) is 10.0 Å². The molecule has 1 aliphatic heterocycles. The Hall–Kier alpha value is -3.03. The summed E-state index contributed by atoms with van der Waals surface area (Å²) in [5, 5.41) is 3.97. The maximum atomic E-state index is 12.8. The number of benzene rings is 3. The van der Waals surface area contributed by atoms with E-state index in [1.165, 1.54) is 12.1 Å². The van der Waals surface area contributed by atoms with Crippen molar-refractivity contribution >= 4 is 38.9 Å². The van der Waals surface area contributed by atoms with Gasteiger partial charge >= 0.3 is 0 Å². The molecule has 1 unspecified atom stereocenters. The SMILES string of the molecule is O=C(c1ccc(S(=O)(=O)Nc2ccc(Cl)cc2)cc1)N1CCC(Nc2ccccc2)C1. The second kappa shape index (κ2) is 8.99.